The molecule has 30 heavy (non-hydrogen) atoms. The number of imidazole rings is 1. The van der Waals surface area contributed by atoms with E-state index in [0.29, 0.717) is 23.6 Å². The van der Waals surface area contributed by atoms with Crippen molar-refractivity contribution in [3.8, 4) is 0 Å². The van der Waals surface area contributed by atoms with Crippen LogP contribution in [0.4, 0.5) is 16.3 Å². The first kappa shape index (κ1) is 19.5. The van der Waals surface area contributed by atoms with Gasteiger partial charge in [0.1, 0.15) is 11.3 Å². The third-order valence-corrected chi connectivity index (χ3v) is 6.39. The van der Waals surface area contributed by atoms with Gasteiger partial charge in [0.15, 0.2) is 5.65 Å². The van der Waals surface area contributed by atoms with Crippen molar-refractivity contribution in [2.45, 2.75) is 69.9 Å². The van der Waals surface area contributed by atoms with Crippen molar-refractivity contribution in [1.29, 1.82) is 0 Å². The van der Waals surface area contributed by atoms with Crippen LogP contribution in [-0.2, 0) is 0 Å². The second-order valence-electron chi connectivity index (χ2n) is 8.54. The van der Waals surface area contributed by atoms with Gasteiger partial charge in [-0.05, 0) is 57.7 Å². The van der Waals surface area contributed by atoms with Crippen molar-refractivity contribution in [3.63, 3.8) is 0 Å². The van der Waals surface area contributed by atoms with Gasteiger partial charge in [-0.25, -0.2) is 14.4 Å². The molecule has 0 amide bonds. The molecule has 2 aromatic heterocycles. The maximum Gasteiger partial charge on any atom is 0.224 e. The Bertz CT molecular complexity index is 952. The van der Waals surface area contributed by atoms with Crippen LogP contribution in [-0.4, -0.2) is 38.7 Å². The second kappa shape index (κ2) is 8.71. The summed E-state index contributed by atoms with van der Waals surface area (Å²) in [4.78, 5) is 14.1. The molecule has 0 bridgehead atoms. The zero-order chi connectivity index (χ0) is 20.3. The van der Waals surface area contributed by atoms with Gasteiger partial charge in [0.2, 0.25) is 11.9 Å². The molecule has 8 heteroatoms. The van der Waals surface area contributed by atoms with Crippen molar-refractivity contribution in [2.75, 3.05) is 23.7 Å². The van der Waals surface area contributed by atoms with Crippen LogP contribution in [0.3, 0.4) is 0 Å². The van der Waals surface area contributed by atoms with Crippen molar-refractivity contribution in [1.82, 2.24) is 24.8 Å². The van der Waals surface area contributed by atoms with Crippen molar-refractivity contribution in [2.24, 2.45) is 0 Å². The van der Waals surface area contributed by atoms with Gasteiger partial charge in [0.25, 0.3) is 0 Å². The van der Waals surface area contributed by atoms with Crippen LogP contribution < -0.4 is 16.0 Å². The van der Waals surface area contributed by atoms with Crippen molar-refractivity contribution in [3.05, 3.63) is 29.9 Å². The summed E-state index contributed by atoms with van der Waals surface area (Å²) in [6, 6.07) is 0.711. The zero-order valence-corrected chi connectivity index (χ0v) is 17.3. The highest BCUT2D eigenvalue weighted by molar-refractivity contribution is 5.76. The monoisotopic (exact) mass is 411 g/mol. The molecule has 2 fully saturated rings. The Kier molecular flexibility index (Phi) is 5.66. The lowest BCUT2D eigenvalue weighted by atomic mass is 9.96. The summed E-state index contributed by atoms with van der Waals surface area (Å²) in [5.74, 6) is 1.10. The predicted molar refractivity (Wildman–Crippen MR) is 117 cm³/mol. The maximum atomic E-state index is 14.3. The van der Waals surface area contributed by atoms with E-state index < -0.39 is 0 Å². The normalized spacial score (nSPS) is 21.4. The first-order valence-corrected chi connectivity index (χ1v) is 11.3. The number of hydrogen-bond acceptors (Lipinski definition) is 6. The SMILES string of the molecule is FC1=CCCC=C1Nc1nc2cnc(NC3CCCCC3)nc2n1C1CCNCC1. The molecule has 1 saturated heterocycles. The Labute approximate surface area is 176 Å². The smallest absolute Gasteiger partial charge is 0.224 e. The average molecular weight is 412 g/mol. The molecule has 3 N–H and O–H groups in total. The molecule has 3 heterocycles. The third-order valence-electron chi connectivity index (χ3n) is 6.39. The fourth-order valence-corrected chi connectivity index (χ4v) is 4.77. The second-order valence-corrected chi connectivity index (χ2v) is 8.54. The molecule has 0 radical (unpaired) electrons. The molecule has 5 rings (SSSR count). The Morgan fingerprint density at radius 2 is 1.80 bits per heavy atom. The number of halogens is 1. The van der Waals surface area contributed by atoms with E-state index in [-0.39, 0.29) is 11.9 Å². The first-order valence-electron chi connectivity index (χ1n) is 11.3. The molecule has 0 atom stereocenters. The van der Waals surface area contributed by atoms with E-state index in [4.69, 9.17) is 9.97 Å². The molecule has 0 unspecified atom stereocenters. The minimum absolute atomic E-state index is 0.212. The molecule has 3 aliphatic rings. The Morgan fingerprint density at radius 3 is 2.60 bits per heavy atom. The summed E-state index contributed by atoms with van der Waals surface area (Å²) < 4.78 is 16.5. The quantitative estimate of drug-likeness (QED) is 0.675. The number of piperidine rings is 1. The maximum absolute atomic E-state index is 14.3. The molecular weight excluding hydrogens is 381 g/mol. The van der Waals surface area contributed by atoms with E-state index in [2.05, 4.69) is 25.5 Å². The lowest BCUT2D eigenvalue weighted by Crippen LogP contribution is -2.30. The highest BCUT2D eigenvalue weighted by Gasteiger charge is 2.24. The number of allylic oxidation sites excluding steroid dienone is 3. The minimum Gasteiger partial charge on any atom is -0.351 e. The molecule has 160 valence electrons. The number of nitrogens with zero attached hydrogens (tertiary/aromatic N) is 4. The van der Waals surface area contributed by atoms with Gasteiger partial charge in [0, 0.05) is 12.1 Å². The van der Waals surface area contributed by atoms with E-state index in [1.165, 1.54) is 32.1 Å². The van der Waals surface area contributed by atoms with Crippen LogP contribution in [0.2, 0.25) is 0 Å². The molecular formula is C22H30FN7. The standard InChI is InChI=1S/C22H30FN7/c23-17-8-4-5-9-18(17)27-22-28-19-14-25-21(26-15-6-2-1-3-7-15)29-20(19)30(22)16-10-12-24-13-11-16/h8-9,14-16,24H,1-7,10-13H2,(H,27,28)(H,25,26,29). The van der Waals surface area contributed by atoms with Crippen molar-refractivity contribution < 1.29 is 4.39 Å². The molecule has 2 aliphatic carbocycles. The van der Waals surface area contributed by atoms with Crippen LogP contribution >= 0.6 is 0 Å². The Balaban J connectivity index is 1.50. The highest BCUT2D eigenvalue weighted by atomic mass is 19.1. The first-order chi connectivity index (χ1) is 14.8. The van der Waals surface area contributed by atoms with E-state index in [0.717, 1.165) is 49.9 Å². The van der Waals surface area contributed by atoms with Gasteiger partial charge >= 0.3 is 0 Å². The van der Waals surface area contributed by atoms with Crippen LogP contribution in [0.25, 0.3) is 11.2 Å². The number of fused-ring (bicyclic) bond motifs is 1. The molecule has 1 aliphatic heterocycles. The van der Waals surface area contributed by atoms with Crippen LogP contribution in [0.15, 0.2) is 29.9 Å². The molecule has 0 aromatic carbocycles. The van der Waals surface area contributed by atoms with E-state index in [1.807, 2.05) is 6.08 Å². The minimum atomic E-state index is -0.212. The van der Waals surface area contributed by atoms with Gasteiger partial charge in [-0.3, -0.25) is 4.57 Å². The third kappa shape index (κ3) is 4.05. The number of aromatic nitrogens is 4. The fraction of sp³-hybridized carbons (Fsp3) is 0.591. The summed E-state index contributed by atoms with van der Waals surface area (Å²) in [7, 11) is 0. The predicted octanol–water partition coefficient (Wildman–Crippen LogP) is 4.44. The number of hydrogen-bond donors (Lipinski definition) is 3. The number of rotatable bonds is 5. The van der Waals surface area contributed by atoms with Crippen LogP contribution in [0, 0.1) is 0 Å². The summed E-state index contributed by atoms with van der Waals surface area (Å²) in [6.45, 7) is 1.91. The van der Waals surface area contributed by atoms with Gasteiger partial charge in [-0.15, -0.1) is 0 Å². The van der Waals surface area contributed by atoms with Gasteiger partial charge in [-0.2, -0.15) is 4.98 Å². The Morgan fingerprint density at radius 1 is 1.00 bits per heavy atom. The van der Waals surface area contributed by atoms with Gasteiger partial charge < -0.3 is 16.0 Å². The molecule has 1 saturated carbocycles. The molecule has 2 aromatic rings. The van der Waals surface area contributed by atoms with Gasteiger partial charge in [-0.1, -0.05) is 25.3 Å². The van der Waals surface area contributed by atoms with Gasteiger partial charge in [0.05, 0.1) is 11.9 Å². The largest absolute Gasteiger partial charge is 0.351 e. The number of nitrogens with one attached hydrogen (secondary N) is 3. The highest BCUT2D eigenvalue weighted by Crippen LogP contribution is 2.31. The zero-order valence-electron chi connectivity index (χ0n) is 17.3. The van der Waals surface area contributed by atoms with Crippen molar-refractivity contribution >= 4 is 23.1 Å². The van der Waals surface area contributed by atoms with Crippen LogP contribution in [0.5, 0.6) is 0 Å². The van der Waals surface area contributed by atoms with E-state index >= 15 is 0 Å². The average Bonchev–Trinajstić information content (AvgIpc) is 3.14. The van der Waals surface area contributed by atoms with Crippen LogP contribution in [0.1, 0.15) is 63.8 Å². The van der Waals surface area contributed by atoms with E-state index in [1.54, 1.807) is 12.3 Å². The summed E-state index contributed by atoms with van der Waals surface area (Å²) >= 11 is 0. The summed E-state index contributed by atoms with van der Waals surface area (Å²) in [5.41, 5.74) is 2.06. The summed E-state index contributed by atoms with van der Waals surface area (Å²) in [5, 5.41) is 10.2. The molecule has 0 spiro atoms. The van der Waals surface area contributed by atoms with E-state index in [9.17, 15) is 4.39 Å². The number of anilines is 2. The Hall–Kier alpha value is -2.48. The summed E-state index contributed by atoms with van der Waals surface area (Å²) in [6.07, 6.45) is 15.1. The fourth-order valence-electron chi connectivity index (χ4n) is 4.77. The molecule has 7 nitrogen and oxygen atoms in total. The lowest BCUT2D eigenvalue weighted by molar-refractivity contribution is 0.376. The topological polar surface area (TPSA) is 79.7 Å². The lowest BCUT2D eigenvalue weighted by Gasteiger charge is -2.26.